The molecule has 18 heavy (non-hydrogen) atoms. The van der Waals surface area contributed by atoms with E-state index in [4.69, 9.17) is 5.73 Å². The zero-order valence-electron chi connectivity index (χ0n) is 10.4. The maximum atomic E-state index is 11.1. The van der Waals surface area contributed by atoms with Crippen molar-refractivity contribution in [2.24, 2.45) is 11.7 Å². The summed E-state index contributed by atoms with van der Waals surface area (Å²) in [6.07, 6.45) is 5.94. The molecule has 0 unspecified atom stereocenters. The van der Waals surface area contributed by atoms with Gasteiger partial charge in [0.15, 0.2) is 0 Å². The van der Waals surface area contributed by atoms with Gasteiger partial charge in [-0.2, -0.15) is 0 Å². The third-order valence-corrected chi connectivity index (χ3v) is 3.82. The largest absolute Gasteiger partial charge is 0.369 e. The van der Waals surface area contributed by atoms with Crippen molar-refractivity contribution in [1.29, 1.82) is 0 Å². The van der Waals surface area contributed by atoms with Crippen LogP contribution in [0.25, 0.3) is 0 Å². The molecular formula is C13H18N4O. The van der Waals surface area contributed by atoms with Crippen LogP contribution in [-0.4, -0.2) is 29.0 Å². The molecule has 2 N–H and O–H groups in total. The molecule has 0 aromatic carbocycles. The highest BCUT2D eigenvalue weighted by molar-refractivity contribution is 5.76. The summed E-state index contributed by atoms with van der Waals surface area (Å²) >= 11 is 0. The summed E-state index contributed by atoms with van der Waals surface area (Å²) < 4.78 is 0. The Hall–Kier alpha value is -1.65. The Morgan fingerprint density at radius 3 is 2.61 bits per heavy atom. The highest BCUT2D eigenvalue weighted by Crippen LogP contribution is 2.38. The van der Waals surface area contributed by atoms with Crippen molar-refractivity contribution >= 4 is 11.7 Å². The Morgan fingerprint density at radius 1 is 1.28 bits per heavy atom. The van der Waals surface area contributed by atoms with Crippen LogP contribution in [0.4, 0.5) is 5.82 Å². The molecule has 1 aliphatic heterocycles. The fourth-order valence-electron chi connectivity index (χ4n) is 2.47. The Balaban J connectivity index is 1.68. The molecule has 1 saturated carbocycles. The number of nitrogens with two attached hydrogens (primary N) is 1. The number of nitrogens with zero attached hydrogens (tertiary/aromatic N) is 3. The van der Waals surface area contributed by atoms with Crippen LogP contribution in [0.5, 0.6) is 0 Å². The van der Waals surface area contributed by atoms with E-state index in [2.05, 4.69) is 14.9 Å². The molecule has 5 nitrogen and oxygen atoms in total. The molecule has 1 aromatic rings. The number of primary amides is 1. The van der Waals surface area contributed by atoms with E-state index in [-0.39, 0.29) is 11.8 Å². The Kier molecular flexibility index (Phi) is 2.89. The summed E-state index contributed by atoms with van der Waals surface area (Å²) in [7, 11) is 0. The summed E-state index contributed by atoms with van der Waals surface area (Å²) in [5.74, 6) is 2.41. The van der Waals surface area contributed by atoms with Crippen LogP contribution in [0.2, 0.25) is 0 Å². The first-order valence-corrected chi connectivity index (χ1v) is 6.61. The van der Waals surface area contributed by atoms with Gasteiger partial charge in [0.2, 0.25) is 5.91 Å². The van der Waals surface area contributed by atoms with Crippen molar-refractivity contribution in [2.75, 3.05) is 18.0 Å². The molecule has 5 heteroatoms. The summed E-state index contributed by atoms with van der Waals surface area (Å²) in [5, 5.41) is 0. The zero-order chi connectivity index (χ0) is 12.5. The summed E-state index contributed by atoms with van der Waals surface area (Å²) in [4.78, 5) is 22.3. The number of piperidine rings is 1. The van der Waals surface area contributed by atoms with Crippen LogP contribution in [0.1, 0.15) is 37.4 Å². The first-order chi connectivity index (χ1) is 8.74. The van der Waals surface area contributed by atoms with Gasteiger partial charge in [-0.25, -0.2) is 9.97 Å². The predicted molar refractivity (Wildman–Crippen MR) is 68.1 cm³/mol. The molecule has 96 valence electrons. The fraction of sp³-hybridized carbons (Fsp3) is 0.615. The molecule has 1 amide bonds. The Morgan fingerprint density at radius 2 is 2.00 bits per heavy atom. The number of hydrogen-bond acceptors (Lipinski definition) is 4. The quantitative estimate of drug-likeness (QED) is 0.865. The third-order valence-electron chi connectivity index (χ3n) is 3.82. The van der Waals surface area contributed by atoms with Gasteiger partial charge in [0, 0.05) is 31.1 Å². The number of rotatable bonds is 3. The van der Waals surface area contributed by atoms with Crippen molar-refractivity contribution in [2.45, 2.75) is 31.6 Å². The van der Waals surface area contributed by atoms with E-state index in [1.54, 1.807) is 0 Å². The third kappa shape index (κ3) is 2.30. The molecule has 3 rings (SSSR count). The van der Waals surface area contributed by atoms with E-state index in [1.807, 2.05) is 12.3 Å². The van der Waals surface area contributed by atoms with Crippen LogP contribution in [-0.2, 0) is 4.79 Å². The summed E-state index contributed by atoms with van der Waals surface area (Å²) in [6.45, 7) is 1.71. The number of aromatic nitrogens is 2. The van der Waals surface area contributed by atoms with Gasteiger partial charge in [-0.1, -0.05) is 0 Å². The summed E-state index contributed by atoms with van der Waals surface area (Å²) in [5.41, 5.74) is 5.34. The average molecular weight is 246 g/mol. The number of hydrogen-bond donors (Lipinski definition) is 1. The lowest BCUT2D eigenvalue weighted by atomic mass is 9.96. The van der Waals surface area contributed by atoms with Gasteiger partial charge in [-0.3, -0.25) is 4.79 Å². The topological polar surface area (TPSA) is 72.1 Å². The molecule has 1 aliphatic carbocycles. The maximum absolute atomic E-state index is 11.1. The SMILES string of the molecule is NC(=O)C1CCN(c2ccnc(C3CC3)n2)CC1. The van der Waals surface area contributed by atoms with Crippen LogP contribution in [0.3, 0.4) is 0 Å². The van der Waals surface area contributed by atoms with E-state index >= 15 is 0 Å². The van der Waals surface area contributed by atoms with E-state index in [0.717, 1.165) is 37.6 Å². The first kappa shape index (κ1) is 11.4. The molecule has 1 aromatic heterocycles. The van der Waals surface area contributed by atoms with Crippen LogP contribution in [0, 0.1) is 5.92 Å². The second-order valence-electron chi connectivity index (χ2n) is 5.21. The lowest BCUT2D eigenvalue weighted by Gasteiger charge is -2.31. The first-order valence-electron chi connectivity index (χ1n) is 6.61. The zero-order valence-corrected chi connectivity index (χ0v) is 10.4. The molecule has 0 spiro atoms. The minimum absolute atomic E-state index is 0.0333. The van der Waals surface area contributed by atoms with E-state index < -0.39 is 0 Å². The van der Waals surface area contributed by atoms with Crippen molar-refractivity contribution in [3.05, 3.63) is 18.1 Å². The Labute approximate surface area is 106 Å². The molecule has 2 fully saturated rings. The van der Waals surface area contributed by atoms with Crippen molar-refractivity contribution in [1.82, 2.24) is 9.97 Å². The van der Waals surface area contributed by atoms with E-state index in [0.29, 0.717) is 5.92 Å². The second kappa shape index (κ2) is 4.55. The molecule has 1 saturated heterocycles. The van der Waals surface area contributed by atoms with E-state index in [9.17, 15) is 4.79 Å². The molecular weight excluding hydrogens is 228 g/mol. The fourth-order valence-corrected chi connectivity index (χ4v) is 2.47. The predicted octanol–water partition coefficient (Wildman–Crippen LogP) is 1.06. The minimum atomic E-state index is -0.170. The van der Waals surface area contributed by atoms with Gasteiger partial charge < -0.3 is 10.6 Å². The lowest BCUT2D eigenvalue weighted by Crippen LogP contribution is -2.39. The average Bonchev–Trinajstić information content (AvgIpc) is 3.23. The standard InChI is InChI=1S/C13H18N4O/c14-12(18)9-4-7-17(8-5-9)11-3-6-15-13(16-11)10-1-2-10/h3,6,9-10H,1-2,4-5,7-8H2,(H2,14,18). The number of amides is 1. The van der Waals surface area contributed by atoms with Gasteiger partial charge >= 0.3 is 0 Å². The number of anilines is 1. The molecule has 2 aliphatic rings. The van der Waals surface area contributed by atoms with Crippen molar-refractivity contribution in [3.8, 4) is 0 Å². The highest BCUT2D eigenvalue weighted by Gasteiger charge is 2.28. The molecule has 0 radical (unpaired) electrons. The van der Waals surface area contributed by atoms with Crippen molar-refractivity contribution < 1.29 is 4.79 Å². The molecule has 0 atom stereocenters. The van der Waals surface area contributed by atoms with Gasteiger partial charge in [-0.15, -0.1) is 0 Å². The van der Waals surface area contributed by atoms with Gasteiger partial charge in [-0.05, 0) is 31.7 Å². The molecule has 2 heterocycles. The lowest BCUT2D eigenvalue weighted by molar-refractivity contribution is -0.122. The smallest absolute Gasteiger partial charge is 0.220 e. The Bertz CT molecular complexity index is 450. The minimum Gasteiger partial charge on any atom is -0.369 e. The summed E-state index contributed by atoms with van der Waals surface area (Å²) in [6, 6.07) is 1.95. The van der Waals surface area contributed by atoms with Crippen LogP contribution < -0.4 is 10.6 Å². The monoisotopic (exact) mass is 246 g/mol. The number of carbonyl (C=O) groups is 1. The maximum Gasteiger partial charge on any atom is 0.220 e. The van der Waals surface area contributed by atoms with E-state index in [1.165, 1.54) is 12.8 Å². The van der Waals surface area contributed by atoms with Gasteiger partial charge in [0.05, 0.1) is 0 Å². The number of carbonyl (C=O) groups excluding carboxylic acids is 1. The van der Waals surface area contributed by atoms with Gasteiger partial charge in [0.1, 0.15) is 11.6 Å². The highest BCUT2D eigenvalue weighted by atomic mass is 16.1. The van der Waals surface area contributed by atoms with Crippen LogP contribution >= 0.6 is 0 Å². The second-order valence-corrected chi connectivity index (χ2v) is 5.21. The van der Waals surface area contributed by atoms with Gasteiger partial charge in [0.25, 0.3) is 0 Å². The van der Waals surface area contributed by atoms with Crippen molar-refractivity contribution in [3.63, 3.8) is 0 Å². The molecule has 0 bridgehead atoms. The van der Waals surface area contributed by atoms with Crippen LogP contribution in [0.15, 0.2) is 12.3 Å². The normalized spacial score (nSPS) is 21.0.